The zero-order valence-corrected chi connectivity index (χ0v) is 20.8. The highest BCUT2D eigenvalue weighted by Crippen LogP contribution is 2.37. The number of halogens is 3. The lowest BCUT2D eigenvalue weighted by Gasteiger charge is -2.15. The highest BCUT2D eigenvalue weighted by Gasteiger charge is 2.12. The van der Waals surface area contributed by atoms with E-state index in [0.717, 1.165) is 35.1 Å². The second-order valence-electron chi connectivity index (χ2n) is 7.31. The molecule has 32 heavy (non-hydrogen) atoms. The van der Waals surface area contributed by atoms with Crippen molar-refractivity contribution in [2.24, 2.45) is 0 Å². The number of para-hydroxylation sites is 1. The van der Waals surface area contributed by atoms with Crippen molar-refractivity contribution in [2.45, 2.75) is 19.6 Å². The van der Waals surface area contributed by atoms with E-state index in [1.165, 1.54) is 16.5 Å². The van der Waals surface area contributed by atoms with Crippen LogP contribution in [-0.2, 0) is 19.6 Å². The van der Waals surface area contributed by atoms with Gasteiger partial charge in [-0.05, 0) is 75.9 Å². The van der Waals surface area contributed by atoms with E-state index in [9.17, 15) is 0 Å². The zero-order valence-electron chi connectivity index (χ0n) is 17.7. The number of rotatable bonds is 9. The molecule has 4 rings (SSSR count). The van der Waals surface area contributed by atoms with E-state index >= 15 is 0 Å². The summed E-state index contributed by atoms with van der Waals surface area (Å²) in [6.07, 6.45) is 3.06. The summed E-state index contributed by atoms with van der Waals surface area (Å²) in [6, 6.07) is 20.1. The van der Waals surface area contributed by atoms with Crippen molar-refractivity contribution in [2.75, 3.05) is 13.7 Å². The van der Waals surface area contributed by atoms with Crippen LogP contribution in [0.25, 0.3) is 10.9 Å². The van der Waals surface area contributed by atoms with Gasteiger partial charge in [0.05, 0.1) is 11.6 Å². The Morgan fingerprint density at radius 2 is 1.81 bits per heavy atom. The summed E-state index contributed by atoms with van der Waals surface area (Å²) in [4.78, 5) is 3.33. The number of nitrogens with one attached hydrogen (secondary N) is 2. The Morgan fingerprint density at radius 3 is 2.59 bits per heavy atom. The monoisotopic (exact) mass is 534 g/mol. The van der Waals surface area contributed by atoms with Gasteiger partial charge in [-0.2, -0.15) is 0 Å². The van der Waals surface area contributed by atoms with Crippen LogP contribution in [0.3, 0.4) is 0 Å². The Kier molecular flexibility index (Phi) is 8.88. The summed E-state index contributed by atoms with van der Waals surface area (Å²) < 4.78 is 12.5. The maximum absolute atomic E-state index is 6.02. The molecule has 3 aromatic carbocycles. The third-order valence-electron chi connectivity index (χ3n) is 5.16. The number of H-pyrrole nitrogens is 1. The molecule has 0 spiro atoms. The van der Waals surface area contributed by atoms with Crippen LogP contribution in [0.15, 0.2) is 71.3 Å². The minimum Gasteiger partial charge on any atom is -0.493 e. The van der Waals surface area contributed by atoms with Crippen LogP contribution in [0, 0.1) is 0 Å². The van der Waals surface area contributed by atoms with Crippen molar-refractivity contribution in [3.63, 3.8) is 0 Å². The minimum atomic E-state index is 0. The quantitative estimate of drug-likeness (QED) is 0.228. The first kappa shape index (κ1) is 24.5. The molecule has 0 radical (unpaired) electrons. The molecule has 2 N–H and O–H groups in total. The number of ether oxygens (including phenoxy) is 2. The first-order chi connectivity index (χ1) is 15.1. The van der Waals surface area contributed by atoms with E-state index in [-0.39, 0.29) is 12.4 Å². The molecule has 1 aromatic heterocycles. The summed E-state index contributed by atoms with van der Waals surface area (Å²) in [5.74, 6) is 1.40. The molecule has 1 heterocycles. The topological polar surface area (TPSA) is 46.3 Å². The highest BCUT2D eigenvalue weighted by atomic mass is 79.9. The minimum absolute atomic E-state index is 0. The largest absolute Gasteiger partial charge is 0.493 e. The average Bonchev–Trinajstić information content (AvgIpc) is 3.20. The molecule has 0 atom stereocenters. The van der Waals surface area contributed by atoms with Crippen molar-refractivity contribution in [1.29, 1.82) is 0 Å². The molecular weight excluding hydrogens is 511 g/mol. The van der Waals surface area contributed by atoms with Gasteiger partial charge in [0.15, 0.2) is 11.5 Å². The van der Waals surface area contributed by atoms with Crippen molar-refractivity contribution in [1.82, 2.24) is 10.3 Å². The fourth-order valence-corrected chi connectivity index (χ4v) is 4.28. The van der Waals surface area contributed by atoms with Crippen LogP contribution >= 0.6 is 39.9 Å². The molecule has 0 aliphatic heterocycles. The van der Waals surface area contributed by atoms with Gasteiger partial charge in [-0.3, -0.25) is 0 Å². The smallest absolute Gasteiger partial charge is 0.175 e. The SMILES string of the molecule is COc1cc(CNCCc2c[nH]c3ccccc23)cc(Br)c1OCc1ccc(Cl)cc1.Cl. The maximum Gasteiger partial charge on any atom is 0.175 e. The molecular formula is C25H25BrCl2N2O2. The molecule has 0 saturated heterocycles. The first-order valence-electron chi connectivity index (χ1n) is 10.1. The van der Waals surface area contributed by atoms with Crippen molar-refractivity contribution in [3.8, 4) is 11.5 Å². The van der Waals surface area contributed by atoms with Crippen molar-refractivity contribution >= 4 is 50.8 Å². The van der Waals surface area contributed by atoms with Crippen LogP contribution in [0.1, 0.15) is 16.7 Å². The van der Waals surface area contributed by atoms with Crippen LogP contribution in [0.5, 0.6) is 11.5 Å². The summed E-state index contributed by atoms with van der Waals surface area (Å²) >= 11 is 9.58. The highest BCUT2D eigenvalue weighted by molar-refractivity contribution is 9.10. The fourth-order valence-electron chi connectivity index (χ4n) is 3.55. The molecule has 0 fully saturated rings. The maximum atomic E-state index is 6.02. The van der Waals surface area contributed by atoms with Crippen molar-refractivity contribution in [3.05, 3.63) is 93.0 Å². The third-order valence-corrected chi connectivity index (χ3v) is 6.00. The van der Waals surface area contributed by atoms with Crippen molar-refractivity contribution < 1.29 is 9.47 Å². The van der Waals surface area contributed by atoms with Gasteiger partial charge in [0.1, 0.15) is 6.61 Å². The van der Waals surface area contributed by atoms with Gasteiger partial charge in [0.25, 0.3) is 0 Å². The number of benzene rings is 3. The molecule has 0 aliphatic carbocycles. The number of hydrogen-bond donors (Lipinski definition) is 2. The predicted octanol–water partition coefficient (Wildman–Crippen LogP) is 6.93. The van der Waals surface area contributed by atoms with Gasteiger partial charge in [-0.25, -0.2) is 0 Å². The lowest BCUT2D eigenvalue weighted by atomic mass is 10.1. The van der Waals surface area contributed by atoms with Crippen LogP contribution in [-0.4, -0.2) is 18.6 Å². The van der Waals surface area contributed by atoms with Gasteiger partial charge < -0.3 is 19.8 Å². The molecule has 7 heteroatoms. The lowest BCUT2D eigenvalue weighted by molar-refractivity contribution is 0.282. The number of aromatic nitrogens is 1. The molecule has 0 aliphatic rings. The Hall–Kier alpha value is -2.18. The van der Waals surface area contributed by atoms with E-state index in [2.05, 4.69) is 62.8 Å². The lowest BCUT2D eigenvalue weighted by Crippen LogP contribution is -2.16. The summed E-state index contributed by atoms with van der Waals surface area (Å²) in [5, 5.41) is 5.52. The van der Waals surface area contributed by atoms with Gasteiger partial charge in [0.2, 0.25) is 0 Å². The summed E-state index contributed by atoms with van der Waals surface area (Å²) in [7, 11) is 1.66. The van der Waals surface area contributed by atoms with E-state index < -0.39 is 0 Å². The Morgan fingerprint density at radius 1 is 1.03 bits per heavy atom. The van der Waals surface area contributed by atoms with E-state index in [0.29, 0.717) is 23.1 Å². The summed E-state index contributed by atoms with van der Waals surface area (Å²) in [6.45, 7) is 2.07. The average molecular weight is 536 g/mol. The van der Waals surface area contributed by atoms with Gasteiger partial charge in [-0.15, -0.1) is 12.4 Å². The van der Waals surface area contributed by atoms with Crippen LogP contribution in [0.2, 0.25) is 5.02 Å². The van der Waals surface area contributed by atoms with E-state index in [1.54, 1.807) is 7.11 Å². The molecule has 0 amide bonds. The normalized spacial score (nSPS) is 10.7. The van der Waals surface area contributed by atoms with Gasteiger partial charge in [0, 0.05) is 28.7 Å². The molecule has 0 bridgehead atoms. The number of methoxy groups -OCH3 is 1. The number of fused-ring (bicyclic) bond motifs is 1. The predicted molar refractivity (Wildman–Crippen MR) is 137 cm³/mol. The van der Waals surface area contributed by atoms with Gasteiger partial charge >= 0.3 is 0 Å². The summed E-state index contributed by atoms with van der Waals surface area (Å²) in [5.41, 5.74) is 4.68. The fraction of sp³-hybridized carbons (Fsp3) is 0.200. The molecule has 0 unspecified atom stereocenters. The third kappa shape index (κ3) is 5.99. The Balaban J connectivity index is 0.00000289. The van der Waals surface area contributed by atoms with E-state index in [1.807, 2.05) is 30.3 Å². The molecule has 4 nitrogen and oxygen atoms in total. The Bertz CT molecular complexity index is 1160. The Labute approximate surface area is 207 Å². The zero-order chi connectivity index (χ0) is 21.6. The molecule has 4 aromatic rings. The first-order valence-corrected chi connectivity index (χ1v) is 11.3. The second kappa shape index (κ2) is 11.6. The van der Waals surface area contributed by atoms with Crippen LogP contribution in [0.4, 0.5) is 0 Å². The van der Waals surface area contributed by atoms with E-state index in [4.69, 9.17) is 21.1 Å². The van der Waals surface area contributed by atoms with Gasteiger partial charge in [-0.1, -0.05) is 41.9 Å². The number of aromatic amines is 1. The molecule has 168 valence electrons. The molecule has 0 saturated carbocycles. The van der Waals surface area contributed by atoms with Crippen LogP contribution < -0.4 is 14.8 Å². The second-order valence-corrected chi connectivity index (χ2v) is 8.60. The number of hydrogen-bond acceptors (Lipinski definition) is 3. The standard InChI is InChI=1S/C25H24BrClN2O2.ClH/c1-30-24-13-18(12-22(26)25(24)31-16-17-6-8-20(27)9-7-17)14-28-11-10-19-15-29-23-5-3-2-4-21(19)23;/h2-9,12-13,15,28-29H,10-11,14,16H2,1H3;1H.